The fourth-order valence-electron chi connectivity index (χ4n) is 3.33. The van der Waals surface area contributed by atoms with Gasteiger partial charge < -0.3 is 10.2 Å². The number of carbonyl (C=O) groups is 2. The summed E-state index contributed by atoms with van der Waals surface area (Å²) in [6.07, 6.45) is 2.52. The SMILES string of the molecule is CCCCNC(=O)C(C)N(Cc1ccc(Cl)c(Cl)c1)C(=O)CN(c1cccc([N+](=O)[O-])c1)S(C)(=O)=O. The minimum atomic E-state index is -4.01. The van der Waals surface area contributed by atoms with Crippen molar-refractivity contribution in [1.82, 2.24) is 10.2 Å². The van der Waals surface area contributed by atoms with E-state index in [-0.39, 0.29) is 22.9 Å². The molecule has 10 nitrogen and oxygen atoms in total. The lowest BCUT2D eigenvalue weighted by Crippen LogP contribution is -2.51. The van der Waals surface area contributed by atoms with E-state index in [1.807, 2.05) is 6.92 Å². The molecule has 0 spiro atoms. The average molecular weight is 559 g/mol. The maximum absolute atomic E-state index is 13.5. The second kappa shape index (κ2) is 12.9. The van der Waals surface area contributed by atoms with Gasteiger partial charge in [0.1, 0.15) is 12.6 Å². The summed E-state index contributed by atoms with van der Waals surface area (Å²) in [6, 6.07) is 8.77. The molecule has 0 heterocycles. The molecule has 0 aliphatic rings. The number of amides is 2. The number of nitro benzene ring substituents is 1. The lowest BCUT2D eigenvalue weighted by molar-refractivity contribution is -0.384. The van der Waals surface area contributed by atoms with E-state index >= 15 is 0 Å². The van der Waals surface area contributed by atoms with Crippen molar-refractivity contribution in [1.29, 1.82) is 0 Å². The number of unbranched alkanes of at least 4 members (excludes halogenated alkanes) is 1. The second-order valence-electron chi connectivity index (χ2n) is 8.14. The molecule has 2 amide bonds. The molecule has 2 rings (SSSR count). The molecule has 1 unspecified atom stereocenters. The van der Waals surface area contributed by atoms with E-state index in [2.05, 4.69) is 5.32 Å². The van der Waals surface area contributed by atoms with Gasteiger partial charge in [-0.15, -0.1) is 0 Å². The molecule has 0 saturated carbocycles. The molecule has 1 N–H and O–H groups in total. The van der Waals surface area contributed by atoms with Crippen molar-refractivity contribution >= 4 is 56.4 Å². The van der Waals surface area contributed by atoms with Gasteiger partial charge in [-0.1, -0.05) is 48.7 Å². The molecular formula is C23H28Cl2N4O6S. The van der Waals surface area contributed by atoms with Gasteiger partial charge in [0, 0.05) is 25.2 Å². The van der Waals surface area contributed by atoms with Crippen molar-refractivity contribution in [2.45, 2.75) is 39.3 Å². The van der Waals surface area contributed by atoms with Gasteiger partial charge in [-0.25, -0.2) is 8.42 Å². The first-order chi connectivity index (χ1) is 16.8. The van der Waals surface area contributed by atoms with Crippen LogP contribution in [-0.2, 0) is 26.2 Å². The van der Waals surface area contributed by atoms with Crippen molar-refractivity contribution in [2.24, 2.45) is 0 Å². The van der Waals surface area contributed by atoms with E-state index in [1.165, 1.54) is 30.0 Å². The van der Waals surface area contributed by atoms with Crippen LogP contribution in [0.2, 0.25) is 10.0 Å². The topological polar surface area (TPSA) is 130 Å². The Kier molecular flexibility index (Phi) is 10.5. The van der Waals surface area contributed by atoms with Crippen LogP contribution in [0.3, 0.4) is 0 Å². The minimum Gasteiger partial charge on any atom is -0.354 e. The number of anilines is 1. The first-order valence-corrected chi connectivity index (χ1v) is 13.7. The molecule has 1 atom stereocenters. The molecule has 2 aromatic rings. The third-order valence-electron chi connectivity index (χ3n) is 5.34. The molecule has 0 aliphatic heterocycles. The van der Waals surface area contributed by atoms with Crippen molar-refractivity contribution < 1.29 is 22.9 Å². The number of hydrogen-bond donors (Lipinski definition) is 1. The van der Waals surface area contributed by atoms with Crippen LogP contribution in [0.15, 0.2) is 42.5 Å². The van der Waals surface area contributed by atoms with Crippen LogP contribution in [0.5, 0.6) is 0 Å². The van der Waals surface area contributed by atoms with E-state index in [1.54, 1.807) is 18.2 Å². The Morgan fingerprint density at radius 2 is 1.83 bits per heavy atom. The molecule has 0 bridgehead atoms. The zero-order valence-corrected chi connectivity index (χ0v) is 22.4. The Morgan fingerprint density at radius 3 is 2.42 bits per heavy atom. The van der Waals surface area contributed by atoms with Gasteiger partial charge in [-0.2, -0.15) is 0 Å². The fraction of sp³-hybridized carbons (Fsp3) is 0.391. The fourth-order valence-corrected chi connectivity index (χ4v) is 4.49. The Labute approximate surface area is 220 Å². The number of nitrogens with one attached hydrogen (secondary N) is 1. The van der Waals surface area contributed by atoms with Crippen LogP contribution in [0.1, 0.15) is 32.3 Å². The maximum atomic E-state index is 13.5. The molecule has 2 aromatic carbocycles. The Hall–Kier alpha value is -2.89. The molecule has 36 heavy (non-hydrogen) atoms. The number of carbonyl (C=O) groups excluding carboxylic acids is 2. The first-order valence-electron chi connectivity index (χ1n) is 11.1. The molecule has 0 aromatic heterocycles. The predicted molar refractivity (Wildman–Crippen MR) is 140 cm³/mol. The number of benzene rings is 2. The third-order valence-corrected chi connectivity index (χ3v) is 7.22. The summed E-state index contributed by atoms with van der Waals surface area (Å²) in [5.74, 6) is -1.09. The van der Waals surface area contributed by atoms with Gasteiger partial charge in [0.15, 0.2) is 0 Å². The maximum Gasteiger partial charge on any atom is 0.271 e. The molecule has 0 fully saturated rings. The number of hydrogen-bond acceptors (Lipinski definition) is 6. The van der Waals surface area contributed by atoms with Crippen LogP contribution >= 0.6 is 23.2 Å². The zero-order valence-electron chi connectivity index (χ0n) is 20.1. The summed E-state index contributed by atoms with van der Waals surface area (Å²) in [5, 5.41) is 14.5. The summed E-state index contributed by atoms with van der Waals surface area (Å²) in [4.78, 5) is 38.0. The lowest BCUT2D eigenvalue weighted by Gasteiger charge is -2.31. The van der Waals surface area contributed by atoms with Crippen molar-refractivity contribution in [3.05, 3.63) is 68.2 Å². The largest absolute Gasteiger partial charge is 0.354 e. The van der Waals surface area contributed by atoms with Crippen LogP contribution in [0.4, 0.5) is 11.4 Å². The summed E-state index contributed by atoms with van der Waals surface area (Å²) in [7, 11) is -4.01. The highest BCUT2D eigenvalue weighted by Crippen LogP contribution is 2.25. The van der Waals surface area contributed by atoms with Crippen LogP contribution in [0.25, 0.3) is 0 Å². The molecule has 13 heteroatoms. The molecular weight excluding hydrogens is 531 g/mol. The van der Waals surface area contributed by atoms with E-state index in [0.29, 0.717) is 17.1 Å². The van der Waals surface area contributed by atoms with E-state index in [0.717, 1.165) is 29.5 Å². The van der Waals surface area contributed by atoms with Crippen molar-refractivity contribution in [2.75, 3.05) is 23.7 Å². The highest BCUT2D eigenvalue weighted by Gasteiger charge is 2.30. The minimum absolute atomic E-state index is 0.0467. The van der Waals surface area contributed by atoms with Crippen LogP contribution in [-0.4, -0.2) is 55.4 Å². The number of sulfonamides is 1. The van der Waals surface area contributed by atoms with E-state index < -0.39 is 39.3 Å². The average Bonchev–Trinajstić information content (AvgIpc) is 2.82. The van der Waals surface area contributed by atoms with Crippen LogP contribution < -0.4 is 9.62 Å². The predicted octanol–water partition coefficient (Wildman–Crippen LogP) is 4.00. The van der Waals surface area contributed by atoms with Crippen molar-refractivity contribution in [3.63, 3.8) is 0 Å². The number of halogens is 2. The zero-order chi connectivity index (χ0) is 27.0. The van der Waals surface area contributed by atoms with Gasteiger partial charge in [0.25, 0.3) is 5.69 Å². The molecule has 196 valence electrons. The van der Waals surface area contributed by atoms with Crippen LogP contribution in [0, 0.1) is 10.1 Å². The van der Waals surface area contributed by atoms with Crippen molar-refractivity contribution in [3.8, 4) is 0 Å². The standard InChI is InChI=1S/C23H28Cl2N4O6S/c1-4-5-11-26-23(31)16(2)27(14-17-9-10-20(24)21(25)12-17)22(30)15-28(36(3,34)35)18-7-6-8-19(13-18)29(32)33/h6-10,12-13,16H,4-5,11,14-15H2,1-3H3,(H,26,31). The van der Waals surface area contributed by atoms with E-state index in [9.17, 15) is 28.1 Å². The lowest BCUT2D eigenvalue weighted by atomic mass is 10.1. The number of nitrogens with zero attached hydrogens (tertiary/aromatic N) is 3. The number of rotatable bonds is 12. The van der Waals surface area contributed by atoms with Gasteiger partial charge in [0.05, 0.1) is 26.9 Å². The normalized spacial score (nSPS) is 12.0. The first kappa shape index (κ1) is 29.3. The molecule has 0 radical (unpaired) electrons. The Bertz CT molecular complexity index is 1220. The van der Waals surface area contributed by atoms with E-state index in [4.69, 9.17) is 23.2 Å². The van der Waals surface area contributed by atoms with Gasteiger partial charge >= 0.3 is 0 Å². The highest BCUT2D eigenvalue weighted by molar-refractivity contribution is 7.92. The number of non-ortho nitro benzene ring substituents is 1. The third kappa shape index (κ3) is 8.07. The summed E-state index contributed by atoms with van der Waals surface area (Å²) >= 11 is 12.1. The highest BCUT2D eigenvalue weighted by atomic mass is 35.5. The summed E-state index contributed by atoms with van der Waals surface area (Å²) < 4.78 is 25.9. The van der Waals surface area contributed by atoms with Gasteiger partial charge in [0.2, 0.25) is 21.8 Å². The summed E-state index contributed by atoms with van der Waals surface area (Å²) in [6.45, 7) is 3.22. The van der Waals surface area contributed by atoms with Gasteiger partial charge in [-0.05, 0) is 37.1 Å². The molecule has 0 aliphatic carbocycles. The second-order valence-corrected chi connectivity index (χ2v) is 10.9. The molecule has 0 saturated heterocycles. The summed E-state index contributed by atoms with van der Waals surface area (Å²) in [5.41, 5.74) is 0.201. The Balaban J connectivity index is 2.41. The smallest absolute Gasteiger partial charge is 0.271 e. The van der Waals surface area contributed by atoms with Gasteiger partial charge in [-0.3, -0.25) is 24.0 Å². The number of nitro groups is 1. The monoisotopic (exact) mass is 558 g/mol. The Morgan fingerprint density at radius 1 is 1.14 bits per heavy atom. The quantitative estimate of drug-likeness (QED) is 0.238.